The number of hydrogen-bond acceptors (Lipinski definition) is 3. The van der Waals surface area contributed by atoms with Crippen LogP contribution in [-0.4, -0.2) is 22.0 Å². The number of nitrogens with zero attached hydrogens (tertiary/aromatic N) is 1. The molecule has 148 valence electrons. The van der Waals surface area contributed by atoms with Gasteiger partial charge in [0, 0.05) is 6.07 Å². The molecule has 0 fully saturated rings. The molecule has 2 aromatic carbocycles. The Bertz CT molecular complexity index is 1120. The molecule has 2 amide bonds. The Morgan fingerprint density at radius 2 is 1.86 bits per heavy atom. The van der Waals surface area contributed by atoms with Crippen molar-refractivity contribution < 1.29 is 18.4 Å². The predicted octanol–water partition coefficient (Wildman–Crippen LogP) is 4.01. The largest absolute Gasteiger partial charge is 0.344 e. The number of hydrogen-bond donors (Lipinski definition) is 3. The van der Waals surface area contributed by atoms with Gasteiger partial charge in [-0.1, -0.05) is 35.9 Å². The molecule has 29 heavy (non-hydrogen) atoms. The summed E-state index contributed by atoms with van der Waals surface area (Å²) >= 11 is 5.80. The topological polar surface area (TPSA) is 86.9 Å². The Kier molecular flexibility index (Phi) is 5.02. The van der Waals surface area contributed by atoms with Crippen molar-refractivity contribution in [2.45, 2.75) is 18.9 Å². The van der Waals surface area contributed by atoms with E-state index in [-0.39, 0.29) is 28.1 Å². The van der Waals surface area contributed by atoms with Gasteiger partial charge < -0.3 is 10.6 Å². The Balaban J connectivity index is 1.44. The number of aromatic nitrogens is 2. The molecule has 1 heterocycles. The van der Waals surface area contributed by atoms with Gasteiger partial charge >= 0.3 is 0 Å². The number of carbonyl (C=O) groups is 2. The van der Waals surface area contributed by atoms with Crippen molar-refractivity contribution in [3.8, 4) is 0 Å². The SMILES string of the molecule is O=C(NC1CCc2ccccc21)c1cc(NC(=O)c2cc(F)c(F)cc2Cl)[nH]n1. The maximum Gasteiger partial charge on any atom is 0.272 e. The highest BCUT2D eigenvalue weighted by molar-refractivity contribution is 6.34. The Labute approximate surface area is 169 Å². The predicted molar refractivity (Wildman–Crippen MR) is 103 cm³/mol. The Morgan fingerprint density at radius 3 is 2.69 bits per heavy atom. The fraction of sp³-hybridized carbons (Fsp3) is 0.150. The molecule has 1 aliphatic carbocycles. The summed E-state index contributed by atoms with van der Waals surface area (Å²) in [7, 11) is 0. The first-order valence-corrected chi connectivity index (χ1v) is 9.20. The number of H-pyrrole nitrogens is 1. The van der Waals surface area contributed by atoms with Gasteiger partial charge in [-0.2, -0.15) is 5.10 Å². The van der Waals surface area contributed by atoms with Crippen molar-refractivity contribution in [1.29, 1.82) is 0 Å². The van der Waals surface area contributed by atoms with Gasteiger partial charge in [0.25, 0.3) is 11.8 Å². The minimum atomic E-state index is -1.19. The second-order valence-electron chi connectivity index (χ2n) is 6.63. The van der Waals surface area contributed by atoms with Crippen LogP contribution in [0.2, 0.25) is 5.02 Å². The third-order valence-corrected chi connectivity index (χ3v) is 5.06. The lowest BCUT2D eigenvalue weighted by molar-refractivity contribution is 0.0931. The fourth-order valence-corrected chi connectivity index (χ4v) is 3.56. The second kappa shape index (κ2) is 7.63. The standard InChI is InChI=1S/C20H15ClF2N4O2/c21-13-8-15(23)14(22)7-12(13)19(28)25-18-9-17(26-27-18)20(29)24-16-6-5-10-3-1-2-4-11(10)16/h1-4,7-9,16H,5-6H2,(H,24,29)(H2,25,26,27,28). The molecule has 1 unspecified atom stereocenters. The molecular weight excluding hydrogens is 402 g/mol. The summed E-state index contributed by atoms with van der Waals surface area (Å²) in [6.07, 6.45) is 1.69. The first-order valence-electron chi connectivity index (χ1n) is 8.82. The number of aromatic amines is 1. The number of aryl methyl sites for hydroxylation is 1. The van der Waals surface area contributed by atoms with Crippen LogP contribution < -0.4 is 10.6 Å². The molecule has 1 aromatic heterocycles. The van der Waals surface area contributed by atoms with E-state index in [1.807, 2.05) is 24.3 Å². The number of fused-ring (bicyclic) bond motifs is 1. The Morgan fingerprint density at radius 1 is 1.10 bits per heavy atom. The van der Waals surface area contributed by atoms with Gasteiger partial charge in [0.15, 0.2) is 17.3 Å². The molecule has 4 rings (SSSR count). The lowest BCUT2D eigenvalue weighted by Gasteiger charge is -2.12. The molecule has 3 N–H and O–H groups in total. The molecule has 0 bridgehead atoms. The molecule has 0 aliphatic heterocycles. The highest BCUT2D eigenvalue weighted by atomic mass is 35.5. The van der Waals surface area contributed by atoms with Crippen molar-refractivity contribution >= 4 is 29.2 Å². The molecule has 9 heteroatoms. The van der Waals surface area contributed by atoms with E-state index in [0.717, 1.165) is 24.5 Å². The van der Waals surface area contributed by atoms with Gasteiger partial charge in [0.05, 0.1) is 16.6 Å². The highest BCUT2D eigenvalue weighted by Gasteiger charge is 2.25. The Hall–Kier alpha value is -3.26. The molecule has 3 aromatic rings. The van der Waals surface area contributed by atoms with Crippen LogP contribution in [0, 0.1) is 11.6 Å². The zero-order valence-corrected chi connectivity index (χ0v) is 15.7. The van der Waals surface area contributed by atoms with Crippen LogP contribution in [-0.2, 0) is 6.42 Å². The van der Waals surface area contributed by atoms with Crippen LogP contribution in [0.1, 0.15) is 44.4 Å². The van der Waals surface area contributed by atoms with E-state index in [9.17, 15) is 18.4 Å². The average Bonchev–Trinajstić information content (AvgIpc) is 3.32. The van der Waals surface area contributed by atoms with Crippen molar-refractivity contribution in [2.75, 3.05) is 5.32 Å². The smallest absolute Gasteiger partial charge is 0.272 e. The van der Waals surface area contributed by atoms with Crippen LogP contribution in [0.4, 0.5) is 14.6 Å². The van der Waals surface area contributed by atoms with Crippen LogP contribution >= 0.6 is 11.6 Å². The van der Waals surface area contributed by atoms with Crippen molar-refractivity contribution in [1.82, 2.24) is 15.5 Å². The number of anilines is 1. The number of nitrogens with one attached hydrogen (secondary N) is 3. The van der Waals surface area contributed by atoms with E-state index >= 15 is 0 Å². The van der Waals surface area contributed by atoms with E-state index in [1.54, 1.807) is 0 Å². The van der Waals surface area contributed by atoms with Gasteiger partial charge in [0.2, 0.25) is 0 Å². The number of rotatable bonds is 4. The number of amides is 2. The number of halogens is 3. The second-order valence-corrected chi connectivity index (χ2v) is 7.04. The van der Waals surface area contributed by atoms with Gasteiger partial charge in [-0.3, -0.25) is 14.7 Å². The van der Waals surface area contributed by atoms with Crippen LogP contribution in [0.15, 0.2) is 42.5 Å². The normalized spacial score (nSPS) is 15.1. The molecule has 0 saturated heterocycles. The lowest BCUT2D eigenvalue weighted by Crippen LogP contribution is -2.27. The maximum atomic E-state index is 13.4. The summed E-state index contributed by atoms with van der Waals surface area (Å²) in [6.45, 7) is 0. The summed E-state index contributed by atoms with van der Waals surface area (Å²) in [5, 5.41) is 11.5. The van der Waals surface area contributed by atoms with Crippen LogP contribution in [0.3, 0.4) is 0 Å². The van der Waals surface area contributed by atoms with Crippen LogP contribution in [0.25, 0.3) is 0 Å². The molecule has 0 radical (unpaired) electrons. The molecule has 1 aliphatic rings. The summed E-state index contributed by atoms with van der Waals surface area (Å²) in [6, 6.07) is 10.6. The average molecular weight is 417 g/mol. The highest BCUT2D eigenvalue weighted by Crippen LogP contribution is 2.31. The van der Waals surface area contributed by atoms with E-state index in [1.165, 1.54) is 11.6 Å². The van der Waals surface area contributed by atoms with Crippen molar-refractivity contribution in [3.63, 3.8) is 0 Å². The van der Waals surface area contributed by atoms with Gasteiger partial charge in [0.1, 0.15) is 5.82 Å². The molecule has 6 nitrogen and oxygen atoms in total. The van der Waals surface area contributed by atoms with E-state index in [2.05, 4.69) is 20.8 Å². The van der Waals surface area contributed by atoms with Gasteiger partial charge in [-0.05, 0) is 36.1 Å². The lowest BCUT2D eigenvalue weighted by atomic mass is 10.1. The maximum absolute atomic E-state index is 13.4. The van der Waals surface area contributed by atoms with E-state index < -0.39 is 23.4 Å². The zero-order chi connectivity index (χ0) is 20.5. The van der Waals surface area contributed by atoms with E-state index in [0.29, 0.717) is 6.07 Å². The first-order chi connectivity index (χ1) is 13.9. The summed E-state index contributed by atoms with van der Waals surface area (Å²) in [5.74, 6) is -3.39. The summed E-state index contributed by atoms with van der Waals surface area (Å²) in [4.78, 5) is 24.8. The molecule has 0 saturated carbocycles. The van der Waals surface area contributed by atoms with Gasteiger partial charge in [-0.25, -0.2) is 8.78 Å². The summed E-state index contributed by atoms with van der Waals surface area (Å²) in [5.41, 5.74) is 2.13. The molecular formula is C20H15ClF2N4O2. The van der Waals surface area contributed by atoms with Crippen molar-refractivity contribution in [3.05, 3.63) is 81.5 Å². The van der Waals surface area contributed by atoms with Crippen LogP contribution in [0.5, 0.6) is 0 Å². The minimum absolute atomic E-state index is 0.0843. The molecule has 0 spiro atoms. The number of carbonyl (C=O) groups excluding carboxylic acids is 2. The monoisotopic (exact) mass is 416 g/mol. The summed E-state index contributed by atoms with van der Waals surface area (Å²) < 4.78 is 26.5. The fourth-order valence-electron chi connectivity index (χ4n) is 3.33. The third-order valence-electron chi connectivity index (χ3n) is 4.75. The third kappa shape index (κ3) is 3.84. The zero-order valence-electron chi connectivity index (χ0n) is 14.9. The molecule has 1 atom stereocenters. The first kappa shape index (κ1) is 19.1. The van der Waals surface area contributed by atoms with Crippen molar-refractivity contribution in [2.24, 2.45) is 0 Å². The van der Waals surface area contributed by atoms with Gasteiger partial charge in [-0.15, -0.1) is 0 Å². The minimum Gasteiger partial charge on any atom is -0.344 e. The van der Waals surface area contributed by atoms with E-state index in [4.69, 9.17) is 11.6 Å². The number of benzene rings is 2. The quantitative estimate of drug-likeness (QED) is 0.561.